The average molecular weight is 278 g/mol. The largest absolute Gasteiger partial charge is 0.385 e. The van der Waals surface area contributed by atoms with E-state index in [1.165, 1.54) is 5.56 Å². The number of nitriles is 1. The molecule has 3 rings (SSSR count). The first kappa shape index (κ1) is 13.8. The molecule has 0 saturated carbocycles. The van der Waals surface area contributed by atoms with Crippen molar-refractivity contribution in [2.45, 2.75) is 37.7 Å². The molecule has 21 heavy (non-hydrogen) atoms. The van der Waals surface area contributed by atoms with Gasteiger partial charge in [0.05, 0.1) is 17.2 Å². The predicted octanol–water partition coefficient (Wildman–Crippen LogP) is 3.28. The minimum Gasteiger partial charge on any atom is -0.385 e. The Labute approximate surface area is 124 Å². The maximum Gasteiger partial charge on any atom is 0.0991 e. The van der Waals surface area contributed by atoms with Gasteiger partial charge >= 0.3 is 0 Å². The van der Waals surface area contributed by atoms with Gasteiger partial charge in [-0.05, 0) is 55.5 Å². The van der Waals surface area contributed by atoms with E-state index in [0.29, 0.717) is 5.56 Å². The second-order valence-electron chi connectivity index (χ2n) is 5.83. The maximum atomic E-state index is 11.1. The van der Waals surface area contributed by atoms with Crippen LogP contribution in [0.5, 0.6) is 0 Å². The van der Waals surface area contributed by atoms with Crippen molar-refractivity contribution in [2.75, 3.05) is 0 Å². The van der Waals surface area contributed by atoms with Gasteiger partial charge in [-0.15, -0.1) is 0 Å². The van der Waals surface area contributed by atoms with E-state index in [1.54, 1.807) is 18.3 Å². The minimum atomic E-state index is -0.975. The molecule has 1 heterocycles. The highest BCUT2D eigenvalue weighted by Gasteiger charge is 2.38. The lowest BCUT2D eigenvalue weighted by Gasteiger charge is -2.36. The summed E-state index contributed by atoms with van der Waals surface area (Å²) in [5.41, 5.74) is 2.72. The van der Waals surface area contributed by atoms with Crippen LogP contribution in [0.25, 0.3) is 0 Å². The number of aromatic nitrogens is 1. The van der Waals surface area contributed by atoms with Crippen molar-refractivity contribution >= 4 is 0 Å². The molecule has 0 aliphatic heterocycles. The van der Waals surface area contributed by atoms with Crippen LogP contribution in [0, 0.1) is 11.3 Å². The minimum absolute atomic E-state index is 0.00427. The summed E-state index contributed by atoms with van der Waals surface area (Å²) in [6.45, 7) is 1.85. The van der Waals surface area contributed by atoms with Crippen LogP contribution in [0.1, 0.15) is 48.1 Å². The van der Waals surface area contributed by atoms with Crippen LogP contribution >= 0.6 is 0 Å². The number of rotatable bonds is 2. The van der Waals surface area contributed by atoms with E-state index in [1.807, 2.05) is 25.1 Å². The molecule has 2 unspecified atom stereocenters. The lowest BCUT2D eigenvalue weighted by atomic mass is 9.73. The fourth-order valence-electron chi connectivity index (χ4n) is 3.24. The molecule has 106 valence electrons. The molecule has 1 aliphatic rings. The van der Waals surface area contributed by atoms with Gasteiger partial charge in [0.1, 0.15) is 0 Å². The van der Waals surface area contributed by atoms with E-state index in [2.05, 4.69) is 17.1 Å². The van der Waals surface area contributed by atoms with Crippen molar-refractivity contribution in [1.82, 2.24) is 4.98 Å². The number of fused-ring (bicyclic) bond motifs is 1. The Morgan fingerprint density at radius 1 is 1.29 bits per heavy atom. The molecule has 1 N–H and O–H groups in total. The molecule has 2 aromatic rings. The normalized spacial score (nSPS) is 20.1. The molecule has 0 bridgehead atoms. The Hall–Kier alpha value is -2.18. The second kappa shape index (κ2) is 5.31. The van der Waals surface area contributed by atoms with Crippen molar-refractivity contribution in [1.29, 1.82) is 5.26 Å². The van der Waals surface area contributed by atoms with Crippen molar-refractivity contribution in [3.8, 4) is 6.07 Å². The van der Waals surface area contributed by atoms with E-state index in [0.717, 1.165) is 30.5 Å². The lowest BCUT2D eigenvalue weighted by Crippen LogP contribution is -2.33. The van der Waals surface area contributed by atoms with Crippen LogP contribution in [0.2, 0.25) is 0 Å². The molecular formula is C18H18N2O. The number of aryl methyl sites for hydroxylation is 1. The summed E-state index contributed by atoms with van der Waals surface area (Å²) in [5, 5.41) is 20.0. The van der Waals surface area contributed by atoms with Gasteiger partial charge in [0, 0.05) is 17.8 Å². The molecule has 3 nitrogen and oxygen atoms in total. The van der Waals surface area contributed by atoms with Gasteiger partial charge in [-0.25, -0.2) is 0 Å². The molecule has 0 saturated heterocycles. The van der Waals surface area contributed by atoms with Crippen molar-refractivity contribution in [2.24, 2.45) is 0 Å². The van der Waals surface area contributed by atoms with Gasteiger partial charge in [-0.2, -0.15) is 5.26 Å². The first-order valence-electron chi connectivity index (χ1n) is 7.29. The Morgan fingerprint density at radius 2 is 2.05 bits per heavy atom. The molecule has 0 fully saturated rings. The molecule has 0 amide bonds. The van der Waals surface area contributed by atoms with Crippen molar-refractivity contribution < 1.29 is 5.11 Å². The third-order valence-electron chi connectivity index (χ3n) is 4.47. The Balaban J connectivity index is 2.00. The summed E-state index contributed by atoms with van der Waals surface area (Å²) in [7, 11) is 0. The van der Waals surface area contributed by atoms with Gasteiger partial charge in [-0.3, -0.25) is 4.98 Å². The first-order chi connectivity index (χ1) is 10.1. The van der Waals surface area contributed by atoms with E-state index in [4.69, 9.17) is 5.26 Å². The maximum absolute atomic E-state index is 11.1. The molecular weight excluding hydrogens is 260 g/mol. The van der Waals surface area contributed by atoms with Crippen LogP contribution in [0.3, 0.4) is 0 Å². The van der Waals surface area contributed by atoms with Crippen LogP contribution in [-0.4, -0.2) is 10.1 Å². The highest BCUT2D eigenvalue weighted by molar-refractivity contribution is 5.37. The molecule has 1 aliphatic carbocycles. The zero-order chi connectivity index (χ0) is 14.9. The van der Waals surface area contributed by atoms with E-state index < -0.39 is 5.60 Å². The fraction of sp³-hybridized carbons (Fsp3) is 0.333. The van der Waals surface area contributed by atoms with Gasteiger partial charge in [0.2, 0.25) is 0 Å². The number of pyridine rings is 1. The van der Waals surface area contributed by atoms with Gasteiger partial charge < -0.3 is 5.11 Å². The summed E-state index contributed by atoms with van der Waals surface area (Å²) >= 11 is 0. The molecule has 0 spiro atoms. The third-order valence-corrected chi connectivity index (χ3v) is 4.47. The standard InChI is InChI=1S/C18H18N2O/c1-18(21,15-9-7-13(12-19)8-10-15)16-6-2-4-14-5-3-11-20-17(14)16/h3,5,7-11,16,21H,2,4,6H2,1H3. The van der Waals surface area contributed by atoms with Gasteiger partial charge in [-0.1, -0.05) is 18.2 Å². The highest BCUT2D eigenvalue weighted by atomic mass is 16.3. The van der Waals surface area contributed by atoms with E-state index in [9.17, 15) is 5.11 Å². The third kappa shape index (κ3) is 2.43. The predicted molar refractivity (Wildman–Crippen MR) is 80.6 cm³/mol. The second-order valence-corrected chi connectivity index (χ2v) is 5.83. The Bertz CT molecular complexity index is 683. The Morgan fingerprint density at radius 3 is 2.76 bits per heavy atom. The first-order valence-corrected chi connectivity index (χ1v) is 7.29. The molecule has 1 aromatic carbocycles. The number of nitrogens with zero attached hydrogens (tertiary/aromatic N) is 2. The smallest absolute Gasteiger partial charge is 0.0991 e. The quantitative estimate of drug-likeness (QED) is 0.917. The van der Waals surface area contributed by atoms with E-state index >= 15 is 0 Å². The topological polar surface area (TPSA) is 56.9 Å². The zero-order valence-electron chi connectivity index (χ0n) is 12.1. The summed E-state index contributed by atoms with van der Waals surface area (Å²) in [5.74, 6) is -0.00427. The summed E-state index contributed by atoms with van der Waals surface area (Å²) in [4.78, 5) is 4.51. The van der Waals surface area contributed by atoms with Gasteiger partial charge in [0.25, 0.3) is 0 Å². The molecule has 0 radical (unpaired) electrons. The van der Waals surface area contributed by atoms with Crippen molar-refractivity contribution in [3.05, 3.63) is 65.0 Å². The molecule has 2 atom stereocenters. The average Bonchev–Trinajstić information content (AvgIpc) is 2.54. The number of benzene rings is 1. The Kier molecular flexibility index (Phi) is 3.48. The number of aliphatic hydroxyl groups is 1. The van der Waals surface area contributed by atoms with E-state index in [-0.39, 0.29) is 5.92 Å². The van der Waals surface area contributed by atoms with Crippen molar-refractivity contribution in [3.63, 3.8) is 0 Å². The van der Waals surface area contributed by atoms with Crippen LogP contribution < -0.4 is 0 Å². The molecule has 3 heteroatoms. The lowest BCUT2D eigenvalue weighted by molar-refractivity contribution is 0.0189. The number of hydrogen-bond donors (Lipinski definition) is 1. The van der Waals surface area contributed by atoms with Crippen LogP contribution in [0.4, 0.5) is 0 Å². The van der Waals surface area contributed by atoms with Gasteiger partial charge in [0.15, 0.2) is 0 Å². The van der Waals surface area contributed by atoms with Crippen LogP contribution in [-0.2, 0) is 12.0 Å². The SMILES string of the molecule is CC(O)(c1ccc(C#N)cc1)C1CCCc2cccnc21. The van der Waals surface area contributed by atoms with Crippen LogP contribution in [0.15, 0.2) is 42.6 Å². The number of hydrogen-bond acceptors (Lipinski definition) is 3. The fourth-order valence-corrected chi connectivity index (χ4v) is 3.24. The summed E-state index contributed by atoms with van der Waals surface area (Å²) in [6.07, 6.45) is 4.82. The highest BCUT2D eigenvalue weighted by Crippen LogP contribution is 2.43. The summed E-state index contributed by atoms with van der Waals surface area (Å²) < 4.78 is 0. The monoisotopic (exact) mass is 278 g/mol. The molecule has 1 aromatic heterocycles. The zero-order valence-corrected chi connectivity index (χ0v) is 12.1. The summed E-state index contributed by atoms with van der Waals surface area (Å²) in [6, 6.07) is 13.4.